The molecule has 15 heavy (non-hydrogen) atoms. The molecule has 0 bridgehead atoms. The standard InChI is InChI=1S/C10H9N3O2/c1-6-8(14)3-2-7(9(6)15)10-12-4-11-5-13-10/h2-5,14-15H,1H3. The Kier molecular flexibility index (Phi) is 2.21. The summed E-state index contributed by atoms with van der Waals surface area (Å²) in [5, 5.41) is 19.1. The quantitative estimate of drug-likeness (QED) is 0.729. The lowest BCUT2D eigenvalue weighted by Gasteiger charge is -2.06. The van der Waals surface area contributed by atoms with Gasteiger partial charge in [-0.15, -0.1) is 0 Å². The molecular formula is C10H9N3O2. The van der Waals surface area contributed by atoms with Crippen LogP contribution in [0.4, 0.5) is 0 Å². The number of hydrogen-bond acceptors (Lipinski definition) is 5. The fraction of sp³-hybridized carbons (Fsp3) is 0.100. The number of benzene rings is 1. The van der Waals surface area contributed by atoms with Crippen molar-refractivity contribution in [2.75, 3.05) is 0 Å². The highest BCUT2D eigenvalue weighted by Crippen LogP contribution is 2.34. The maximum atomic E-state index is 9.77. The van der Waals surface area contributed by atoms with Gasteiger partial charge in [0.15, 0.2) is 5.82 Å². The summed E-state index contributed by atoms with van der Waals surface area (Å²) in [7, 11) is 0. The Morgan fingerprint density at radius 3 is 2.40 bits per heavy atom. The third-order valence-corrected chi connectivity index (χ3v) is 2.14. The molecule has 0 fully saturated rings. The van der Waals surface area contributed by atoms with E-state index < -0.39 is 0 Å². The van der Waals surface area contributed by atoms with Crippen LogP contribution in [0.3, 0.4) is 0 Å². The molecule has 0 saturated carbocycles. The van der Waals surface area contributed by atoms with E-state index in [9.17, 15) is 10.2 Å². The van der Waals surface area contributed by atoms with Gasteiger partial charge in [-0.1, -0.05) is 0 Å². The van der Waals surface area contributed by atoms with Gasteiger partial charge in [0.25, 0.3) is 0 Å². The number of nitrogens with zero attached hydrogens (tertiary/aromatic N) is 3. The largest absolute Gasteiger partial charge is 0.508 e. The highest BCUT2D eigenvalue weighted by atomic mass is 16.3. The first kappa shape index (κ1) is 9.39. The normalized spacial score (nSPS) is 10.2. The van der Waals surface area contributed by atoms with E-state index in [1.54, 1.807) is 13.0 Å². The summed E-state index contributed by atoms with van der Waals surface area (Å²) in [5.41, 5.74) is 0.889. The third kappa shape index (κ3) is 1.59. The van der Waals surface area contributed by atoms with Gasteiger partial charge in [0, 0.05) is 5.56 Å². The van der Waals surface area contributed by atoms with Crippen molar-refractivity contribution in [3.8, 4) is 22.9 Å². The molecule has 0 aliphatic rings. The maximum absolute atomic E-state index is 9.77. The smallest absolute Gasteiger partial charge is 0.166 e. The number of hydrogen-bond donors (Lipinski definition) is 2. The first-order valence-electron chi connectivity index (χ1n) is 4.34. The summed E-state index contributed by atoms with van der Waals surface area (Å²) in [4.78, 5) is 11.5. The van der Waals surface area contributed by atoms with Crippen LogP contribution < -0.4 is 0 Å². The molecular weight excluding hydrogens is 194 g/mol. The second-order valence-electron chi connectivity index (χ2n) is 3.07. The number of phenols is 2. The van der Waals surface area contributed by atoms with E-state index in [1.807, 2.05) is 0 Å². The highest BCUT2D eigenvalue weighted by Gasteiger charge is 2.11. The van der Waals surface area contributed by atoms with Crippen molar-refractivity contribution in [1.82, 2.24) is 15.0 Å². The van der Waals surface area contributed by atoms with Crippen molar-refractivity contribution in [1.29, 1.82) is 0 Å². The van der Waals surface area contributed by atoms with Crippen molar-refractivity contribution in [2.45, 2.75) is 6.92 Å². The molecule has 0 amide bonds. The first-order valence-corrected chi connectivity index (χ1v) is 4.34. The van der Waals surface area contributed by atoms with Crippen LogP contribution in [0.5, 0.6) is 11.5 Å². The molecule has 0 aliphatic heterocycles. The van der Waals surface area contributed by atoms with E-state index in [0.29, 0.717) is 17.0 Å². The number of rotatable bonds is 1. The predicted molar refractivity (Wildman–Crippen MR) is 53.3 cm³/mol. The molecule has 0 atom stereocenters. The molecule has 5 nitrogen and oxygen atoms in total. The van der Waals surface area contributed by atoms with Crippen LogP contribution in [0.15, 0.2) is 24.8 Å². The van der Waals surface area contributed by atoms with Crippen molar-refractivity contribution in [3.63, 3.8) is 0 Å². The van der Waals surface area contributed by atoms with Crippen molar-refractivity contribution in [2.24, 2.45) is 0 Å². The van der Waals surface area contributed by atoms with E-state index in [-0.39, 0.29) is 11.5 Å². The lowest BCUT2D eigenvalue weighted by Crippen LogP contribution is -1.90. The van der Waals surface area contributed by atoms with Gasteiger partial charge in [-0.2, -0.15) is 0 Å². The zero-order chi connectivity index (χ0) is 10.8. The molecule has 2 aromatic rings. The van der Waals surface area contributed by atoms with E-state index in [4.69, 9.17) is 0 Å². The summed E-state index contributed by atoms with van der Waals surface area (Å²) in [6.07, 6.45) is 2.70. The summed E-state index contributed by atoms with van der Waals surface area (Å²) >= 11 is 0. The minimum atomic E-state index is -0.0128. The van der Waals surface area contributed by atoms with Gasteiger partial charge >= 0.3 is 0 Å². The van der Waals surface area contributed by atoms with Gasteiger partial charge in [0.05, 0.1) is 5.56 Å². The topological polar surface area (TPSA) is 79.1 Å². The van der Waals surface area contributed by atoms with E-state index in [0.717, 1.165) is 0 Å². The van der Waals surface area contributed by atoms with Crippen molar-refractivity contribution in [3.05, 3.63) is 30.4 Å². The summed E-state index contributed by atoms with van der Waals surface area (Å²) in [5.74, 6) is 0.414. The molecule has 0 spiro atoms. The Bertz CT molecular complexity index is 486. The van der Waals surface area contributed by atoms with Crippen LogP contribution in [0, 0.1) is 6.92 Å². The van der Waals surface area contributed by atoms with Crippen LogP contribution in [0.25, 0.3) is 11.4 Å². The molecule has 2 rings (SSSR count). The molecule has 0 saturated heterocycles. The fourth-order valence-corrected chi connectivity index (χ4v) is 1.25. The maximum Gasteiger partial charge on any atom is 0.166 e. The summed E-state index contributed by atoms with van der Waals surface area (Å²) in [6, 6.07) is 3.06. The zero-order valence-electron chi connectivity index (χ0n) is 8.05. The molecule has 0 unspecified atom stereocenters. The number of phenolic OH excluding ortho intramolecular Hbond substituents is 2. The van der Waals surface area contributed by atoms with Crippen LogP contribution in [-0.4, -0.2) is 25.2 Å². The molecule has 5 heteroatoms. The van der Waals surface area contributed by atoms with Gasteiger partial charge in [-0.05, 0) is 19.1 Å². The molecule has 76 valence electrons. The second-order valence-corrected chi connectivity index (χ2v) is 3.07. The molecule has 0 aliphatic carbocycles. The molecule has 1 aromatic carbocycles. The number of aromatic hydroxyl groups is 2. The predicted octanol–water partition coefficient (Wildman–Crippen LogP) is 1.26. The molecule has 1 aromatic heterocycles. The Labute approximate surface area is 86.1 Å². The minimum Gasteiger partial charge on any atom is -0.508 e. The zero-order valence-corrected chi connectivity index (χ0v) is 8.05. The van der Waals surface area contributed by atoms with Gasteiger partial charge in [0.1, 0.15) is 24.2 Å². The second kappa shape index (κ2) is 3.53. The SMILES string of the molecule is Cc1c(O)ccc(-c2ncncn2)c1O. The van der Waals surface area contributed by atoms with Gasteiger partial charge in [-0.3, -0.25) is 0 Å². The molecule has 2 N–H and O–H groups in total. The Balaban J connectivity index is 2.60. The number of aromatic nitrogens is 3. The van der Waals surface area contributed by atoms with Gasteiger partial charge < -0.3 is 10.2 Å². The van der Waals surface area contributed by atoms with E-state index >= 15 is 0 Å². The van der Waals surface area contributed by atoms with Crippen LogP contribution in [-0.2, 0) is 0 Å². The lowest BCUT2D eigenvalue weighted by atomic mass is 10.1. The fourth-order valence-electron chi connectivity index (χ4n) is 1.25. The van der Waals surface area contributed by atoms with Gasteiger partial charge in [-0.25, -0.2) is 15.0 Å². The van der Waals surface area contributed by atoms with E-state index in [1.165, 1.54) is 18.7 Å². The summed E-state index contributed by atoms with van der Waals surface area (Å²) < 4.78 is 0. The highest BCUT2D eigenvalue weighted by molar-refractivity contribution is 5.67. The average molecular weight is 203 g/mol. The van der Waals surface area contributed by atoms with Gasteiger partial charge in [0.2, 0.25) is 0 Å². The third-order valence-electron chi connectivity index (χ3n) is 2.14. The monoisotopic (exact) mass is 203 g/mol. The Hall–Kier alpha value is -2.17. The van der Waals surface area contributed by atoms with Crippen molar-refractivity contribution < 1.29 is 10.2 Å². The van der Waals surface area contributed by atoms with E-state index in [2.05, 4.69) is 15.0 Å². The average Bonchev–Trinajstić information content (AvgIpc) is 2.27. The van der Waals surface area contributed by atoms with Crippen LogP contribution in [0.1, 0.15) is 5.56 Å². The first-order chi connectivity index (χ1) is 7.20. The summed E-state index contributed by atoms with van der Waals surface area (Å²) in [6.45, 7) is 1.62. The van der Waals surface area contributed by atoms with Crippen molar-refractivity contribution >= 4 is 0 Å². The van der Waals surface area contributed by atoms with Crippen LogP contribution >= 0.6 is 0 Å². The van der Waals surface area contributed by atoms with Crippen LogP contribution in [0.2, 0.25) is 0 Å². The Morgan fingerprint density at radius 1 is 1.07 bits per heavy atom. The Morgan fingerprint density at radius 2 is 1.73 bits per heavy atom. The molecule has 1 heterocycles. The minimum absolute atomic E-state index is 0.0128. The lowest BCUT2D eigenvalue weighted by molar-refractivity contribution is 0.444. The molecule has 0 radical (unpaired) electrons.